The maximum atomic E-state index is 12.1. The van der Waals surface area contributed by atoms with E-state index in [1.807, 2.05) is 0 Å². The Kier molecular flexibility index (Phi) is 4.80. The van der Waals surface area contributed by atoms with Crippen LogP contribution in [0.15, 0.2) is 47.6 Å². The lowest BCUT2D eigenvalue weighted by Gasteiger charge is -2.05. The van der Waals surface area contributed by atoms with Crippen LogP contribution in [0.1, 0.15) is 15.9 Å². The van der Waals surface area contributed by atoms with Gasteiger partial charge in [-0.1, -0.05) is 17.3 Å². The van der Waals surface area contributed by atoms with E-state index in [2.05, 4.69) is 5.16 Å². The number of ether oxygens (including phenoxy) is 1. The zero-order chi connectivity index (χ0) is 17.7. The first-order valence-electron chi connectivity index (χ1n) is 6.34. The number of nitro groups is 2. The van der Waals surface area contributed by atoms with Crippen LogP contribution in [0.3, 0.4) is 0 Å². The Morgan fingerprint density at radius 2 is 1.71 bits per heavy atom. The number of rotatable bonds is 5. The molecule has 0 bridgehead atoms. The lowest BCUT2D eigenvalue weighted by Crippen LogP contribution is -2.10. The van der Waals surface area contributed by atoms with Gasteiger partial charge in [0.05, 0.1) is 27.7 Å². The summed E-state index contributed by atoms with van der Waals surface area (Å²) in [6.07, 6.45) is 1.11. The third kappa shape index (κ3) is 3.88. The fraction of sp³-hybridized carbons (Fsp3) is 0. The van der Waals surface area contributed by atoms with Gasteiger partial charge in [0.2, 0.25) is 0 Å². The van der Waals surface area contributed by atoms with E-state index in [1.165, 1.54) is 18.2 Å². The molecule has 0 aliphatic carbocycles. The van der Waals surface area contributed by atoms with Gasteiger partial charge in [0.15, 0.2) is 0 Å². The third-order valence-electron chi connectivity index (χ3n) is 2.84. The monoisotopic (exact) mass is 331 g/mol. The number of hydrogen-bond acceptors (Lipinski definition) is 8. The normalized spacial score (nSPS) is 10.5. The molecule has 10 nitrogen and oxygen atoms in total. The number of nitrogens with zero attached hydrogens (tertiary/aromatic N) is 3. The summed E-state index contributed by atoms with van der Waals surface area (Å²) in [4.78, 5) is 32.0. The molecular formula is C14H9N3O7. The minimum atomic E-state index is -1.00. The number of carbonyl (C=O) groups excluding carboxylic acids is 1. The molecule has 1 N–H and O–H groups in total. The average Bonchev–Trinajstić information content (AvgIpc) is 2.55. The van der Waals surface area contributed by atoms with Gasteiger partial charge in [0, 0.05) is 12.1 Å². The van der Waals surface area contributed by atoms with E-state index in [0.29, 0.717) is 5.56 Å². The van der Waals surface area contributed by atoms with Crippen molar-refractivity contribution in [2.75, 3.05) is 0 Å². The molecule has 0 aliphatic rings. The van der Waals surface area contributed by atoms with Crippen molar-refractivity contribution in [1.82, 2.24) is 0 Å². The number of benzene rings is 2. The minimum absolute atomic E-state index is 0.0755. The van der Waals surface area contributed by atoms with Gasteiger partial charge in [-0.3, -0.25) is 20.2 Å². The van der Waals surface area contributed by atoms with E-state index >= 15 is 0 Å². The van der Waals surface area contributed by atoms with Crippen LogP contribution in [0.2, 0.25) is 0 Å². The third-order valence-corrected chi connectivity index (χ3v) is 2.84. The number of nitro benzene ring substituents is 2. The van der Waals surface area contributed by atoms with Crippen LogP contribution in [-0.2, 0) is 0 Å². The number of oxime groups is 1. The van der Waals surface area contributed by atoms with Crippen LogP contribution in [0.4, 0.5) is 11.4 Å². The Morgan fingerprint density at radius 3 is 2.25 bits per heavy atom. The van der Waals surface area contributed by atoms with Crippen molar-refractivity contribution in [2.24, 2.45) is 5.16 Å². The van der Waals surface area contributed by atoms with Gasteiger partial charge in [-0.05, 0) is 17.7 Å². The van der Waals surface area contributed by atoms with Crippen molar-refractivity contribution in [2.45, 2.75) is 0 Å². The highest BCUT2D eigenvalue weighted by Gasteiger charge is 2.21. The van der Waals surface area contributed by atoms with Crippen LogP contribution in [0.25, 0.3) is 0 Å². The first kappa shape index (κ1) is 16.5. The fourth-order valence-electron chi connectivity index (χ4n) is 1.81. The minimum Gasteiger partial charge on any atom is -0.423 e. The predicted molar refractivity (Wildman–Crippen MR) is 80.5 cm³/mol. The second kappa shape index (κ2) is 6.96. The molecule has 0 heterocycles. The lowest BCUT2D eigenvalue weighted by molar-refractivity contribution is -0.394. The lowest BCUT2D eigenvalue weighted by atomic mass is 10.1. The van der Waals surface area contributed by atoms with Crippen molar-refractivity contribution in [3.8, 4) is 5.75 Å². The highest BCUT2D eigenvalue weighted by atomic mass is 16.6. The molecule has 0 spiro atoms. The van der Waals surface area contributed by atoms with Crippen molar-refractivity contribution < 1.29 is 24.6 Å². The molecule has 0 fully saturated rings. The molecule has 0 saturated heterocycles. The second-order valence-corrected chi connectivity index (χ2v) is 4.46. The highest BCUT2D eigenvalue weighted by Crippen LogP contribution is 2.24. The maximum Gasteiger partial charge on any atom is 0.344 e. The van der Waals surface area contributed by atoms with Gasteiger partial charge in [-0.15, -0.1) is 0 Å². The summed E-state index contributed by atoms with van der Waals surface area (Å²) in [7, 11) is 0. The number of hydrogen-bond donors (Lipinski definition) is 1. The Balaban J connectivity index is 2.34. The first-order valence-corrected chi connectivity index (χ1v) is 6.34. The van der Waals surface area contributed by atoms with E-state index < -0.39 is 27.2 Å². The quantitative estimate of drug-likeness (QED) is 0.221. The molecule has 0 radical (unpaired) electrons. The van der Waals surface area contributed by atoms with Gasteiger partial charge in [-0.25, -0.2) is 4.79 Å². The SMILES string of the molecule is O=C(Oc1cccc(/C=N/O)c1)c1cc([N+](=O)[O-])cc([N+](=O)[O-])c1. The molecule has 2 aromatic carbocycles. The zero-order valence-electron chi connectivity index (χ0n) is 11.9. The van der Waals surface area contributed by atoms with Crippen LogP contribution >= 0.6 is 0 Å². The predicted octanol–water partition coefficient (Wildman–Crippen LogP) is 2.53. The largest absolute Gasteiger partial charge is 0.423 e. The molecule has 122 valence electrons. The molecule has 2 aromatic rings. The van der Waals surface area contributed by atoms with Crippen LogP contribution < -0.4 is 4.74 Å². The Morgan fingerprint density at radius 1 is 1.08 bits per heavy atom. The standard InChI is InChI=1S/C14H9N3O7/c18-14(24-13-3-1-2-9(4-13)8-15-19)10-5-11(16(20)21)7-12(6-10)17(22)23/h1-8,19H/b15-8+. The Labute approximate surface area is 133 Å². The van der Waals surface area contributed by atoms with E-state index in [1.54, 1.807) is 6.07 Å². The zero-order valence-corrected chi connectivity index (χ0v) is 11.9. The Hall–Kier alpha value is -3.82. The van der Waals surface area contributed by atoms with Gasteiger partial charge < -0.3 is 9.94 Å². The summed E-state index contributed by atoms with van der Waals surface area (Å²) in [5, 5.41) is 32.9. The van der Waals surface area contributed by atoms with E-state index in [0.717, 1.165) is 24.4 Å². The summed E-state index contributed by atoms with van der Waals surface area (Å²) >= 11 is 0. The number of carbonyl (C=O) groups is 1. The molecule has 0 saturated carbocycles. The number of non-ortho nitro benzene ring substituents is 2. The van der Waals surface area contributed by atoms with E-state index in [4.69, 9.17) is 9.94 Å². The molecule has 10 heteroatoms. The first-order chi connectivity index (χ1) is 11.4. The molecule has 0 unspecified atom stereocenters. The highest BCUT2D eigenvalue weighted by molar-refractivity contribution is 5.93. The number of esters is 1. The summed E-state index contributed by atoms with van der Waals surface area (Å²) in [6.45, 7) is 0. The van der Waals surface area contributed by atoms with Crippen molar-refractivity contribution in [3.63, 3.8) is 0 Å². The van der Waals surface area contributed by atoms with E-state index in [-0.39, 0.29) is 11.3 Å². The average molecular weight is 331 g/mol. The van der Waals surface area contributed by atoms with Crippen molar-refractivity contribution >= 4 is 23.6 Å². The summed E-state index contributed by atoms with van der Waals surface area (Å²) in [5.41, 5.74) is -1.10. The summed E-state index contributed by atoms with van der Waals surface area (Å²) in [5.74, 6) is -0.925. The smallest absolute Gasteiger partial charge is 0.344 e. The van der Waals surface area contributed by atoms with Crippen LogP contribution in [-0.4, -0.2) is 27.2 Å². The molecule has 0 aliphatic heterocycles. The second-order valence-electron chi connectivity index (χ2n) is 4.46. The molecule has 24 heavy (non-hydrogen) atoms. The molecule has 0 aromatic heterocycles. The summed E-state index contributed by atoms with van der Waals surface area (Å²) < 4.78 is 5.03. The molecule has 0 amide bonds. The molecule has 2 rings (SSSR count). The van der Waals surface area contributed by atoms with Gasteiger partial charge >= 0.3 is 5.97 Å². The molecular weight excluding hydrogens is 322 g/mol. The van der Waals surface area contributed by atoms with Crippen LogP contribution in [0, 0.1) is 20.2 Å². The fourth-order valence-corrected chi connectivity index (χ4v) is 1.81. The van der Waals surface area contributed by atoms with E-state index in [9.17, 15) is 25.0 Å². The topological polar surface area (TPSA) is 145 Å². The summed E-state index contributed by atoms with van der Waals surface area (Å²) in [6, 6.07) is 8.42. The van der Waals surface area contributed by atoms with Gasteiger partial charge in [0.1, 0.15) is 5.75 Å². The van der Waals surface area contributed by atoms with Gasteiger partial charge in [-0.2, -0.15) is 0 Å². The molecule has 0 atom stereocenters. The van der Waals surface area contributed by atoms with Crippen molar-refractivity contribution in [3.05, 3.63) is 73.8 Å². The van der Waals surface area contributed by atoms with Crippen LogP contribution in [0.5, 0.6) is 5.75 Å². The van der Waals surface area contributed by atoms with Crippen molar-refractivity contribution in [1.29, 1.82) is 0 Å². The van der Waals surface area contributed by atoms with Gasteiger partial charge in [0.25, 0.3) is 11.4 Å². The Bertz CT molecular complexity index is 816. The maximum absolute atomic E-state index is 12.1.